The molecule has 5 aliphatic rings. The zero-order valence-corrected chi connectivity index (χ0v) is 79.4. The van der Waals surface area contributed by atoms with Gasteiger partial charge in [0.15, 0.2) is 0 Å². The molecular formula is C102H136Cl4N18O13. The number of aromatic nitrogens is 5. The maximum absolute atomic E-state index is 12.7. The van der Waals surface area contributed by atoms with Crippen LogP contribution in [0.25, 0.3) is 55.1 Å². The highest BCUT2D eigenvalue weighted by Gasteiger charge is 2.22. The molecule has 8 aromatic carbocycles. The summed E-state index contributed by atoms with van der Waals surface area (Å²) >= 11 is 17.6. The number of aromatic carboxylic acids is 1. The van der Waals surface area contributed by atoms with Crippen molar-refractivity contribution >= 4 is 136 Å². The lowest BCUT2D eigenvalue weighted by Crippen LogP contribution is -3.00. The van der Waals surface area contributed by atoms with Crippen LogP contribution in [0, 0.1) is 20.2 Å². The Morgan fingerprint density at radius 2 is 0.876 bits per heavy atom. The number of nitrogens with zero attached hydrogens (tertiary/aromatic N) is 9. The number of hydrogen-bond acceptors (Lipinski definition) is 24. The molecule has 17 rings (SSSR count). The molecule has 9 heterocycles. The number of rotatable bonds is 29. The normalized spacial score (nSPS) is 14.5. The molecular weight excluding hydrogens is 1830 g/mol. The van der Waals surface area contributed by atoms with Gasteiger partial charge in [0.1, 0.15) is 56.7 Å². The smallest absolute Gasteiger partial charge is 0.343 e. The first-order chi connectivity index (χ1) is 65.0. The van der Waals surface area contributed by atoms with E-state index < -0.39 is 15.8 Å². The van der Waals surface area contributed by atoms with Gasteiger partial charge in [-0.25, -0.2) is 14.8 Å². The summed E-state index contributed by atoms with van der Waals surface area (Å²) in [6.45, 7) is 20.4. The summed E-state index contributed by atoms with van der Waals surface area (Å²) in [6, 6.07) is 52.5. The van der Waals surface area contributed by atoms with Crippen LogP contribution in [0.15, 0.2) is 187 Å². The molecule has 0 unspecified atom stereocenters. The van der Waals surface area contributed by atoms with E-state index >= 15 is 0 Å². The minimum absolute atomic E-state index is 0. The second-order valence-corrected chi connectivity index (χ2v) is 34.7. The average Bonchev–Trinajstić information content (AvgIpc) is 1.58. The molecule has 1 amide bonds. The molecule has 0 atom stereocenters. The number of ether oxygens (including phenoxy) is 4. The molecule has 137 heavy (non-hydrogen) atoms. The fourth-order valence-corrected chi connectivity index (χ4v) is 16.8. The zero-order chi connectivity index (χ0) is 94.9. The number of aromatic hydroxyl groups is 1. The van der Waals surface area contributed by atoms with Gasteiger partial charge in [-0.2, -0.15) is 4.98 Å². The highest BCUT2D eigenvalue weighted by molar-refractivity contribution is 6.34. The number of phenolic OH excluding ortho intramolecular Hbond substituents is 1. The Hall–Kier alpha value is -12.0. The number of carbonyl (C=O) groups is 2. The number of amides is 1. The number of carbonyl (C=O) groups excluding carboxylic acids is 1. The number of halogens is 4. The van der Waals surface area contributed by atoms with Gasteiger partial charge in [0, 0.05) is 74.0 Å². The van der Waals surface area contributed by atoms with Crippen LogP contribution in [0.1, 0.15) is 165 Å². The molecule has 31 nitrogen and oxygen atoms in total. The van der Waals surface area contributed by atoms with Crippen LogP contribution >= 0.6 is 34.8 Å². The Balaban J connectivity index is 0.000000226. The van der Waals surface area contributed by atoms with E-state index in [1.54, 1.807) is 42.5 Å². The number of H-pyrrole nitrogens is 3. The first-order valence-corrected chi connectivity index (χ1v) is 47.6. The highest BCUT2D eigenvalue weighted by atomic mass is 35.5. The van der Waals surface area contributed by atoms with Crippen LogP contribution in [0.4, 0.5) is 45.5 Å². The molecule has 5 saturated heterocycles. The number of nitrogen functional groups attached to an aromatic ring is 5. The van der Waals surface area contributed by atoms with Crippen molar-refractivity contribution in [1.82, 2.24) is 44.4 Å². The maximum Gasteiger partial charge on any atom is 0.343 e. The molecule has 4 aromatic heterocycles. The Labute approximate surface area is 824 Å². The van der Waals surface area contributed by atoms with Gasteiger partial charge >= 0.3 is 5.97 Å². The summed E-state index contributed by atoms with van der Waals surface area (Å²) in [6.07, 6.45) is 25.3. The molecule has 0 bridgehead atoms. The molecule has 5 fully saturated rings. The van der Waals surface area contributed by atoms with Crippen molar-refractivity contribution in [1.29, 1.82) is 0 Å². The number of carboxylic acids is 1. The van der Waals surface area contributed by atoms with E-state index in [1.807, 2.05) is 109 Å². The van der Waals surface area contributed by atoms with E-state index in [0.717, 1.165) is 132 Å². The summed E-state index contributed by atoms with van der Waals surface area (Å²) in [7, 11) is 0. The Morgan fingerprint density at radius 3 is 1.36 bits per heavy atom. The van der Waals surface area contributed by atoms with Crippen molar-refractivity contribution < 1.29 is 67.4 Å². The number of aromatic amines is 3. The monoisotopic (exact) mass is 1960 g/mol. The van der Waals surface area contributed by atoms with Gasteiger partial charge in [-0.1, -0.05) is 107 Å². The van der Waals surface area contributed by atoms with Crippen molar-refractivity contribution in [3.05, 3.63) is 234 Å². The Morgan fingerprint density at radius 1 is 0.453 bits per heavy atom. The van der Waals surface area contributed by atoms with Crippen LogP contribution < -0.4 is 75.9 Å². The topological polar surface area (TPSA) is 445 Å². The Bertz CT molecular complexity index is 5840. The van der Waals surface area contributed by atoms with E-state index in [9.17, 15) is 34.6 Å². The molecule has 0 spiro atoms. The van der Waals surface area contributed by atoms with Crippen LogP contribution in [-0.2, 0) is 0 Å². The third-order valence-electron chi connectivity index (χ3n) is 23.5. The number of piperidine rings is 5. The summed E-state index contributed by atoms with van der Waals surface area (Å²) in [5, 5.41) is 44.4. The largest absolute Gasteiger partial charge is 1.00 e. The minimum Gasteiger partial charge on any atom is -1.00 e. The van der Waals surface area contributed by atoms with Gasteiger partial charge in [-0.3, -0.25) is 29.8 Å². The number of likely N-dealkylation sites (tertiary alicyclic amines) is 5. The van der Waals surface area contributed by atoms with Gasteiger partial charge in [0.25, 0.3) is 28.0 Å². The van der Waals surface area contributed by atoms with E-state index in [2.05, 4.69) is 54.7 Å². The molecule has 5 aliphatic heterocycles. The van der Waals surface area contributed by atoms with Crippen LogP contribution in [-0.4, -0.2) is 207 Å². The highest BCUT2D eigenvalue weighted by Crippen LogP contribution is 2.32. The maximum atomic E-state index is 12.7. The second kappa shape index (κ2) is 58.5. The quantitative estimate of drug-likeness (QED) is 0.00396. The number of phenols is 1. The number of para-hydroxylation sites is 3. The number of hydrogen-bond donors (Lipinski definition) is 10. The number of nitro benzene ring substituents is 2. The van der Waals surface area contributed by atoms with Crippen molar-refractivity contribution in [2.45, 2.75) is 143 Å². The summed E-state index contributed by atoms with van der Waals surface area (Å²) in [5.74, 6) is 2.66. The second-order valence-electron chi connectivity index (χ2n) is 33.6. The van der Waals surface area contributed by atoms with E-state index in [1.165, 1.54) is 193 Å². The van der Waals surface area contributed by atoms with Crippen LogP contribution in [0.5, 0.6) is 28.7 Å². The summed E-state index contributed by atoms with van der Waals surface area (Å²) < 4.78 is 23.0. The number of benzene rings is 8. The lowest BCUT2D eigenvalue weighted by molar-refractivity contribution is -0.384. The number of anilines is 6. The number of imidazole rings is 1. The first kappa shape index (κ1) is 110. The number of fused-ring (bicyclic) bond motifs is 4. The van der Waals surface area contributed by atoms with Gasteiger partial charge in [-0.15, -0.1) is 11.6 Å². The number of alkyl halides is 1. The average molecular weight is 1960 g/mol. The van der Waals surface area contributed by atoms with E-state index in [4.69, 9.17) is 92.6 Å². The molecule has 12 aromatic rings. The van der Waals surface area contributed by atoms with Crippen molar-refractivity contribution in [2.24, 2.45) is 0 Å². The number of carboxylic acid groups (broad SMARTS) is 1. The van der Waals surface area contributed by atoms with Gasteiger partial charge in [0.05, 0.1) is 98.8 Å². The molecule has 35 heteroatoms. The van der Waals surface area contributed by atoms with E-state index in [-0.39, 0.29) is 84.5 Å². The minimum atomic E-state index is -1.03. The molecule has 0 saturated carbocycles. The zero-order valence-electron chi connectivity index (χ0n) is 76.4. The van der Waals surface area contributed by atoms with Crippen LogP contribution in [0.3, 0.4) is 0 Å². The number of nitrogens with one attached hydrogen (secondary N) is 4. The lowest BCUT2D eigenvalue weighted by Gasteiger charge is -2.26. The molecule has 0 radical (unpaired) electrons. The predicted octanol–water partition coefficient (Wildman–Crippen LogP) is 17.4. The molecule has 740 valence electrons. The standard InChI is InChI=1S/C24H27ClN4O2.C24H26N4O2.C14H21N3O3.C14H23N3O.C10H6ClNO2.C8H16ClN.C6H6N2O3.2CH4.ClH.H2/c25-23-19(15-17-7-2-3-8-21(17)27-23)24(30)28-22-10-9-18(16-20(22)26)31-14-6-13-29-11-4-1-5-12-29;29-24-19(15-17-7-2-3-8-20(17)27-24)23-25-21-10-9-18(16-22(21)26-23)30-14-6-13-28-11-4-1-5-12-28;15-13-6-5-12(11-14(13)17(18)19)20-10-4-9-16-7-2-1-3-8-16;15-13-6-5-12(11-14(13)16)18-10-4-9-17-7-2-1-3-8-17;11-9-7(10(13)14)5-6-3-1-2-4-8(6)12-9;9-5-4-8-10-6-2-1-3-7-10;7-5-2-1-4(9)3-6(5)8(10)11;;;;/h2-3,7-10,15-16H,1,4-6,11-14,26H2,(H,28,30);2-3,7-10,15-16H,1,4-6,11-14H2,(H,25,26)(H,27,29);5-6,11H,1-4,7-10,15H2;5-6,11H,1-4,7-10,15-16H2;1-5H,(H,13,14);1-8H2;1-3,9H,7H2;2*1H4;2*1H. The van der Waals surface area contributed by atoms with Crippen molar-refractivity contribution in [2.75, 3.05) is 164 Å². The van der Waals surface area contributed by atoms with E-state index in [0.29, 0.717) is 71.0 Å². The SMILES string of the molecule is C.C.ClCCCN1CCCCC1.Nc1cc(OCCCN2CCCCC2)ccc1NC(=O)c1cc2ccccc2nc1Cl.Nc1ccc(O)cc1[N+](=O)[O-].Nc1ccc(OCCCN2CCCCC2)cc1N.Nc1ccc(OCCCN2CCCCC2)cc1[N+](=O)[O-].O=C(O)c1cc2ccccc2[nH+]c1Cl.O=c1[nH]c2ccccc2cc1-c1nc2ccc(OCCCN3CCCCC3)cc2[nH]1.[Cl-].[HH]. The lowest BCUT2D eigenvalue weighted by atomic mass is 10.1. The van der Waals surface area contributed by atoms with Gasteiger partial charge in [-0.05, 0) is 282 Å². The van der Waals surface area contributed by atoms with Crippen molar-refractivity contribution in [3.63, 3.8) is 0 Å². The molecule has 0 aliphatic carbocycles. The summed E-state index contributed by atoms with van der Waals surface area (Å²) in [4.78, 5) is 86.3. The third-order valence-corrected chi connectivity index (χ3v) is 24.3. The molecule has 16 N–H and O–H groups in total. The van der Waals surface area contributed by atoms with Gasteiger partial charge < -0.3 is 110 Å². The number of nitrogens with two attached hydrogens (primary N) is 5. The van der Waals surface area contributed by atoms with Crippen molar-refractivity contribution in [3.8, 4) is 40.1 Å². The van der Waals surface area contributed by atoms with Gasteiger partial charge in [0.2, 0.25) is 5.52 Å². The predicted molar refractivity (Wildman–Crippen MR) is 552 cm³/mol. The number of pyridine rings is 3. The third kappa shape index (κ3) is 36.1. The summed E-state index contributed by atoms with van der Waals surface area (Å²) in [5.41, 5.74) is 35.1. The Kier molecular flexibility index (Phi) is 47.1. The van der Waals surface area contributed by atoms with Crippen LogP contribution in [0.2, 0.25) is 10.3 Å². The fraction of sp³-hybridized carbons (Fsp3) is 0.412. The first-order valence-electron chi connectivity index (χ1n) is 46.3. The number of nitro groups is 2. The fourth-order valence-electron chi connectivity index (χ4n) is 16.2.